The minimum atomic E-state index is 0.573. The molecule has 0 aliphatic carbocycles. The van der Waals surface area contributed by atoms with Crippen LogP contribution in [0.5, 0.6) is 11.5 Å². The predicted molar refractivity (Wildman–Crippen MR) is 86.7 cm³/mol. The van der Waals surface area contributed by atoms with Crippen LogP contribution in [0, 0.1) is 0 Å². The average molecular weight is 356 g/mol. The van der Waals surface area contributed by atoms with Crippen molar-refractivity contribution in [1.82, 2.24) is 5.32 Å². The summed E-state index contributed by atoms with van der Waals surface area (Å²) in [6.45, 7) is 4.36. The standard InChI is InChI=1S/C15H18BrNO2S/c1-3-17-9-11-8-12(18-2)4-5-14(11)19-10-15-13(16)6-7-20-15/h4-8,17H,3,9-10H2,1-2H3. The highest BCUT2D eigenvalue weighted by atomic mass is 79.9. The van der Waals surface area contributed by atoms with Gasteiger partial charge in [0.2, 0.25) is 0 Å². The highest BCUT2D eigenvalue weighted by molar-refractivity contribution is 9.10. The largest absolute Gasteiger partial charge is 0.497 e. The average Bonchev–Trinajstić information content (AvgIpc) is 2.88. The van der Waals surface area contributed by atoms with Gasteiger partial charge < -0.3 is 14.8 Å². The molecule has 1 aromatic heterocycles. The Bertz CT molecular complexity index is 557. The van der Waals surface area contributed by atoms with Gasteiger partial charge in [-0.1, -0.05) is 6.92 Å². The predicted octanol–water partition coefficient (Wildman–Crippen LogP) is 4.21. The van der Waals surface area contributed by atoms with Gasteiger partial charge in [-0.05, 0) is 52.1 Å². The first-order valence-electron chi connectivity index (χ1n) is 6.47. The van der Waals surface area contributed by atoms with Gasteiger partial charge >= 0.3 is 0 Å². The van der Waals surface area contributed by atoms with Crippen LogP contribution in [0.2, 0.25) is 0 Å². The van der Waals surface area contributed by atoms with E-state index in [4.69, 9.17) is 9.47 Å². The molecule has 20 heavy (non-hydrogen) atoms. The van der Waals surface area contributed by atoms with E-state index in [1.807, 2.05) is 24.3 Å². The minimum Gasteiger partial charge on any atom is -0.497 e. The topological polar surface area (TPSA) is 30.5 Å². The molecule has 0 fully saturated rings. The Morgan fingerprint density at radius 3 is 2.80 bits per heavy atom. The van der Waals surface area contributed by atoms with Gasteiger partial charge in [-0.25, -0.2) is 0 Å². The molecule has 0 saturated carbocycles. The molecule has 0 amide bonds. The Morgan fingerprint density at radius 2 is 2.15 bits per heavy atom. The van der Waals surface area contributed by atoms with E-state index in [0.29, 0.717) is 6.61 Å². The summed E-state index contributed by atoms with van der Waals surface area (Å²) in [5.74, 6) is 1.75. The molecule has 1 N–H and O–H groups in total. The molecule has 0 aliphatic rings. The third-order valence-electron chi connectivity index (χ3n) is 2.88. The minimum absolute atomic E-state index is 0.573. The van der Waals surface area contributed by atoms with Crippen molar-refractivity contribution in [3.8, 4) is 11.5 Å². The number of rotatable bonds is 7. The van der Waals surface area contributed by atoms with Crippen LogP contribution < -0.4 is 14.8 Å². The molecule has 0 spiro atoms. The fourth-order valence-corrected chi connectivity index (χ4v) is 3.17. The van der Waals surface area contributed by atoms with Crippen molar-refractivity contribution in [3.05, 3.63) is 44.6 Å². The Kier molecular flexibility index (Phi) is 5.88. The summed E-state index contributed by atoms with van der Waals surface area (Å²) < 4.78 is 12.3. The van der Waals surface area contributed by atoms with E-state index in [9.17, 15) is 0 Å². The molecule has 1 heterocycles. The van der Waals surface area contributed by atoms with Crippen molar-refractivity contribution < 1.29 is 9.47 Å². The Morgan fingerprint density at radius 1 is 1.30 bits per heavy atom. The third-order valence-corrected chi connectivity index (χ3v) is 4.78. The van der Waals surface area contributed by atoms with Crippen LogP contribution in [0.15, 0.2) is 34.1 Å². The summed E-state index contributed by atoms with van der Waals surface area (Å²) in [7, 11) is 1.68. The molecule has 1 aromatic carbocycles. The maximum atomic E-state index is 5.94. The molecule has 0 radical (unpaired) electrons. The lowest BCUT2D eigenvalue weighted by atomic mass is 10.2. The number of hydrogen-bond donors (Lipinski definition) is 1. The van der Waals surface area contributed by atoms with Gasteiger partial charge in [0.1, 0.15) is 18.1 Å². The second kappa shape index (κ2) is 7.67. The second-order valence-electron chi connectivity index (χ2n) is 4.23. The number of halogens is 1. The van der Waals surface area contributed by atoms with Crippen molar-refractivity contribution >= 4 is 27.3 Å². The lowest BCUT2D eigenvalue weighted by Gasteiger charge is -2.13. The lowest BCUT2D eigenvalue weighted by molar-refractivity contribution is 0.304. The second-order valence-corrected chi connectivity index (χ2v) is 6.09. The van der Waals surface area contributed by atoms with E-state index < -0.39 is 0 Å². The molecule has 2 aromatic rings. The summed E-state index contributed by atoms with van der Waals surface area (Å²) in [6, 6.07) is 7.94. The van der Waals surface area contributed by atoms with Crippen LogP contribution >= 0.6 is 27.3 Å². The third kappa shape index (κ3) is 3.98. The molecule has 2 rings (SSSR count). The van der Waals surface area contributed by atoms with E-state index in [1.165, 1.54) is 4.88 Å². The SMILES string of the molecule is CCNCc1cc(OC)ccc1OCc1sccc1Br. The van der Waals surface area contributed by atoms with Crippen LogP contribution in [-0.2, 0) is 13.2 Å². The van der Waals surface area contributed by atoms with Crippen molar-refractivity contribution in [2.45, 2.75) is 20.1 Å². The van der Waals surface area contributed by atoms with Crippen LogP contribution in [0.1, 0.15) is 17.4 Å². The monoisotopic (exact) mass is 355 g/mol. The summed E-state index contributed by atoms with van der Waals surface area (Å²) in [6.07, 6.45) is 0. The van der Waals surface area contributed by atoms with Gasteiger partial charge in [-0.15, -0.1) is 11.3 Å². The molecule has 0 bridgehead atoms. The first-order chi connectivity index (χ1) is 9.74. The first kappa shape index (κ1) is 15.4. The van der Waals surface area contributed by atoms with Gasteiger partial charge in [0, 0.05) is 16.6 Å². The molecular formula is C15H18BrNO2S. The molecule has 108 valence electrons. The summed E-state index contributed by atoms with van der Waals surface area (Å²) in [5.41, 5.74) is 1.11. The Balaban J connectivity index is 2.11. The van der Waals surface area contributed by atoms with Gasteiger partial charge in [-0.2, -0.15) is 0 Å². The summed E-state index contributed by atoms with van der Waals surface area (Å²) in [4.78, 5) is 1.19. The zero-order valence-corrected chi connectivity index (χ0v) is 14.0. The highest BCUT2D eigenvalue weighted by Crippen LogP contribution is 2.28. The van der Waals surface area contributed by atoms with E-state index >= 15 is 0 Å². The normalized spacial score (nSPS) is 10.6. The first-order valence-corrected chi connectivity index (χ1v) is 8.14. The van der Waals surface area contributed by atoms with Gasteiger partial charge in [-0.3, -0.25) is 0 Å². The number of nitrogens with one attached hydrogen (secondary N) is 1. The van der Waals surface area contributed by atoms with E-state index in [1.54, 1.807) is 18.4 Å². The Labute approximate surface area is 132 Å². The van der Waals surface area contributed by atoms with E-state index in [0.717, 1.165) is 34.6 Å². The maximum Gasteiger partial charge on any atom is 0.124 e. The zero-order valence-electron chi connectivity index (χ0n) is 11.6. The molecule has 0 unspecified atom stereocenters. The van der Waals surface area contributed by atoms with Crippen molar-refractivity contribution in [3.63, 3.8) is 0 Å². The molecule has 3 nitrogen and oxygen atoms in total. The smallest absolute Gasteiger partial charge is 0.124 e. The van der Waals surface area contributed by atoms with E-state index in [-0.39, 0.29) is 0 Å². The zero-order chi connectivity index (χ0) is 14.4. The maximum absolute atomic E-state index is 5.94. The number of hydrogen-bond acceptors (Lipinski definition) is 4. The molecular weight excluding hydrogens is 338 g/mol. The van der Waals surface area contributed by atoms with Crippen LogP contribution in [0.25, 0.3) is 0 Å². The quantitative estimate of drug-likeness (QED) is 0.806. The molecule has 0 aliphatic heterocycles. The molecule has 0 atom stereocenters. The fourth-order valence-electron chi connectivity index (χ4n) is 1.79. The molecule has 5 heteroatoms. The molecule has 0 saturated heterocycles. The lowest BCUT2D eigenvalue weighted by Crippen LogP contribution is -2.13. The Hall–Kier alpha value is -1.04. The summed E-state index contributed by atoms with van der Waals surface area (Å²) in [5, 5.41) is 5.37. The van der Waals surface area contributed by atoms with Gasteiger partial charge in [0.05, 0.1) is 12.0 Å². The van der Waals surface area contributed by atoms with Gasteiger partial charge in [0.25, 0.3) is 0 Å². The van der Waals surface area contributed by atoms with Crippen LogP contribution in [0.3, 0.4) is 0 Å². The van der Waals surface area contributed by atoms with Crippen molar-refractivity contribution in [2.75, 3.05) is 13.7 Å². The number of thiophene rings is 1. The van der Waals surface area contributed by atoms with Gasteiger partial charge in [0.15, 0.2) is 0 Å². The fraction of sp³-hybridized carbons (Fsp3) is 0.333. The number of ether oxygens (including phenoxy) is 2. The van der Waals surface area contributed by atoms with Crippen molar-refractivity contribution in [1.29, 1.82) is 0 Å². The summed E-state index contributed by atoms with van der Waals surface area (Å²) >= 11 is 5.21. The number of benzene rings is 1. The van der Waals surface area contributed by atoms with Crippen molar-refractivity contribution in [2.24, 2.45) is 0 Å². The number of methoxy groups -OCH3 is 1. The van der Waals surface area contributed by atoms with E-state index in [2.05, 4.69) is 33.6 Å². The van der Waals surface area contributed by atoms with Crippen LogP contribution in [0.4, 0.5) is 0 Å². The van der Waals surface area contributed by atoms with Crippen LogP contribution in [-0.4, -0.2) is 13.7 Å². The highest BCUT2D eigenvalue weighted by Gasteiger charge is 2.08.